The van der Waals surface area contributed by atoms with E-state index in [1.807, 2.05) is 0 Å². The number of hydrogen-bond donors (Lipinski definition) is 0. The van der Waals surface area contributed by atoms with Gasteiger partial charge < -0.3 is 14.4 Å². The predicted molar refractivity (Wildman–Crippen MR) is 82.0 cm³/mol. The Morgan fingerprint density at radius 2 is 2.04 bits per heavy atom. The molecule has 1 amide bonds. The van der Waals surface area contributed by atoms with Crippen LogP contribution < -0.4 is 9.47 Å². The molecule has 0 N–H and O–H groups in total. The maximum absolute atomic E-state index is 12.2. The fraction of sp³-hybridized carbons (Fsp3) is 0.375. The molecule has 3 heterocycles. The van der Waals surface area contributed by atoms with E-state index in [-0.39, 0.29) is 18.6 Å². The van der Waals surface area contributed by atoms with Gasteiger partial charge in [-0.1, -0.05) is 0 Å². The smallest absolute Gasteiger partial charge is 0.260 e. The number of likely N-dealkylation sites (tertiary alicyclic amines) is 1. The van der Waals surface area contributed by atoms with Crippen LogP contribution in [0.5, 0.6) is 11.6 Å². The lowest BCUT2D eigenvalue weighted by Gasteiger charge is -2.31. The molecule has 1 saturated heterocycles. The Kier molecular flexibility index (Phi) is 4.98. The van der Waals surface area contributed by atoms with E-state index in [9.17, 15) is 4.79 Å². The third kappa shape index (κ3) is 4.38. The fourth-order valence-electron chi connectivity index (χ4n) is 2.41. The molecular weight excluding hydrogens is 296 g/mol. The number of aromatic nitrogens is 3. The summed E-state index contributed by atoms with van der Waals surface area (Å²) in [7, 11) is 0. The summed E-state index contributed by atoms with van der Waals surface area (Å²) >= 11 is 0. The molecule has 1 aliphatic rings. The lowest BCUT2D eigenvalue weighted by molar-refractivity contribution is -0.135. The zero-order valence-electron chi connectivity index (χ0n) is 12.7. The van der Waals surface area contributed by atoms with Crippen LogP contribution >= 0.6 is 0 Å². The summed E-state index contributed by atoms with van der Waals surface area (Å²) in [6, 6.07) is 7.12. The Bertz CT molecular complexity index is 616. The van der Waals surface area contributed by atoms with Gasteiger partial charge in [-0.05, 0) is 18.2 Å². The van der Waals surface area contributed by atoms with Crippen molar-refractivity contribution < 1.29 is 14.3 Å². The van der Waals surface area contributed by atoms with E-state index >= 15 is 0 Å². The fourth-order valence-corrected chi connectivity index (χ4v) is 2.41. The first-order valence-corrected chi connectivity index (χ1v) is 7.56. The highest BCUT2D eigenvalue weighted by Gasteiger charge is 2.24. The summed E-state index contributed by atoms with van der Waals surface area (Å²) in [4.78, 5) is 17.9. The lowest BCUT2D eigenvalue weighted by atomic mass is 10.1. The molecule has 1 fully saturated rings. The molecule has 0 spiro atoms. The SMILES string of the molecule is O=C(COc1cccnc1)N1CCC(Oc2cccnn2)CC1. The second-order valence-electron chi connectivity index (χ2n) is 5.24. The number of carbonyl (C=O) groups is 1. The van der Waals surface area contributed by atoms with Crippen molar-refractivity contribution in [1.29, 1.82) is 0 Å². The van der Waals surface area contributed by atoms with Crippen molar-refractivity contribution in [3.8, 4) is 11.6 Å². The Morgan fingerprint density at radius 3 is 2.74 bits per heavy atom. The third-order valence-electron chi connectivity index (χ3n) is 3.63. The van der Waals surface area contributed by atoms with E-state index in [1.54, 1.807) is 47.8 Å². The van der Waals surface area contributed by atoms with Crippen LogP contribution in [0.25, 0.3) is 0 Å². The molecule has 7 heteroatoms. The van der Waals surface area contributed by atoms with Crippen LogP contribution in [0, 0.1) is 0 Å². The molecule has 0 aromatic carbocycles. The predicted octanol–water partition coefficient (Wildman–Crippen LogP) is 1.32. The second-order valence-corrected chi connectivity index (χ2v) is 5.24. The maximum Gasteiger partial charge on any atom is 0.260 e. The van der Waals surface area contributed by atoms with E-state index in [4.69, 9.17) is 9.47 Å². The van der Waals surface area contributed by atoms with Gasteiger partial charge in [-0.2, -0.15) is 5.10 Å². The molecule has 0 atom stereocenters. The Hall–Kier alpha value is -2.70. The summed E-state index contributed by atoms with van der Waals surface area (Å²) < 4.78 is 11.2. The van der Waals surface area contributed by atoms with Crippen molar-refractivity contribution in [2.24, 2.45) is 0 Å². The Morgan fingerprint density at radius 1 is 1.22 bits per heavy atom. The number of rotatable bonds is 5. The topological polar surface area (TPSA) is 77.4 Å². The molecule has 0 radical (unpaired) electrons. The first-order valence-electron chi connectivity index (χ1n) is 7.56. The summed E-state index contributed by atoms with van der Waals surface area (Å²) in [6.45, 7) is 1.34. The van der Waals surface area contributed by atoms with E-state index < -0.39 is 0 Å². The molecule has 120 valence electrons. The number of hydrogen-bond acceptors (Lipinski definition) is 6. The molecular formula is C16H18N4O3. The van der Waals surface area contributed by atoms with Gasteiger partial charge in [-0.25, -0.2) is 0 Å². The average molecular weight is 314 g/mol. The zero-order valence-corrected chi connectivity index (χ0v) is 12.7. The minimum Gasteiger partial charge on any atom is -0.482 e. The largest absolute Gasteiger partial charge is 0.482 e. The molecule has 0 bridgehead atoms. The average Bonchev–Trinajstić information content (AvgIpc) is 2.62. The number of ether oxygens (including phenoxy) is 2. The molecule has 0 aliphatic carbocycles. The highest BCUT2D eigenvalue weighted by atomic mass is 16.5. The highest BCUT2D eigenvalue weighted by molar-refractivity contribution is 5.77. The van der Waals surface area contributed by atoms with Gasteiger partial charge in [-0.15, -0.1) is 5.10 Å². The number of amides is 1. The van der Waals surface area contributed by atoms with Gasteiger partial charge in [-0.3, -0.25) is 9.78 Å². The highest BCUT2D eigenvalue weighted by Crippen LogP contribution is 2.17. The maximum atomic E-state index is 12.2. The summed E-state index contributed by atoms with van der Waals surface area (Å²) in [5.41, 5.74) is 0. The molecule has 7 nitrogen and oxygen atoms in total. The van der Waals surface area contributed by atoms with Crippen molar-refractivity contribution in [2.75, 3.05) is 19.7 Å². The second kappa shape index (κ2) is 7.53. The summed E-state index contributed by atoms with van der Waals surface area (Å²) in [6.07, 6.45) is 6.47. The zero-order chi connectivity index (χ0) is 15.9. The Labute approximate surface area is 134 Å². The Balaban J connectivity index is 1.42. The molecule has 1 aliphatic heterocycles. The molecule has 3 rings (SSSR count). The van der Waals surface area contributed by atoms with Crippen molar-refractivity contribution >= 4 is 5.91 Å². The number of pyridine rings is 1. The molecule has 0 saturated carbocycles. The third-order valence-corrected chi connectivity index (χ3v) is 3.63. The quantitative estimate of drug-likeness (QED) is 0.828. The van der Waals surface area contributed by atoms with Crippen molar-refractivity contribution in [3.05, 3.63) is 42.9 Å². The number of carbonyl (C=O) groups excluding carboxylic acids is 1. The van der Waals surface area contributed by atoms with Crippen LogP contribution in [-0.4, -0.2) is 51.8 Å². The molecule has 2 aromatic rings. The van der Waals surface area contributed by atoms with Gasteiger partial charge in [0.05, 0.1) is 6.20 Å². The minimum absolute atomic E-state index is 0.0215. The van der Waals surface area contributed by atoms with Gasteiger partial charge in [0.15, 0.2) is 6.61 Å². The van der Waals surface area contributed by atoms with Crippen molar-refractivity contribution in [2.45, 2.75) is 18.9 Å². The van der Waals surface area contributed by atoms with E-state index in [0.29, 0.717) is 24.7 Å². The van der Waals surface area contributed by atoms with E-state index in [0.717, 1.165) is 12.8 Å². The normalized spacial score (nSPS) is 15.2. The minimum atomic E-state index is -0.0215. The standard InChI is InChI=1S/C16H18N4O3/c21-16(12-22-14-3-1-7-17-11-14)20-9-5-13(6-10-20)23-15-4-2-8-18-19-15/h1-4,7-8,11,13H,5-6,9-10,12H2. The van der Waals surface area contributed by atoms with Crippen LogP contribution in [0.4, 0.5) is 0 Å². The van der Waals surface area contributed by atoms with Gasteiger partial charge in [0.25, 0.3) is 5.91 Å². The van der Waals surface area contributed by atoms with Crippen LogP contribution in [0.15, 0.2) is 42.9 Å². The van der Waals surface area contributed by atoms with Crippen LogP contribution in [-0.2, 0) is 4.79 Å². The monoisotopic (exact) mass is 314 g/mol. The summed E-state index contributed by atoms with van der Waals surface area (Å²) in [5.74, 6) is 1.10. The van der Waals surface area contributed by atoms with Crippen molar-refractivity contribution in [3.63, 3.8) is 0 Å². The van der Waals surface area contributed by atoms with Crippen LogP contribution in [0.1, 0.15) is 12.8 Å². The van der Waals surface area contributed by atoms with E-state index in [2.05, 4.69) is 15.2 Å². The van der Waals surface area contributed by atoms with Gasteiger partial charge >= 0.3 is 0 Å². The first-order chi connectivity index (χ1) is 11.3. The van der Waals surface area contributed by atoms with Gasteiger partial charge in [0.1, 0.15) is 11.9 Å². The molecule has 23 heavy (non-hydrogen) atoms. The van der Waals surface area contributed by atoms with E-state index in [1.165, 1.54) is 0 Å². The van der Waals surface area contributed by atoms with Crippen LogP contribution in [0.2, 0.25) is 0 Å². The van der Waals surface area contributed by atoms with Gasteiger partial charge in [0, 0.05) is 44.4 Å². The number of piperidine rings is 1. The lowest BCUT2D eigenvalue weighted by Crippen LogP contribution is -2.43. The summed E-state index contributed by atoms with van der Waals surface area (Å²) in [5, 5.41) is 7.70. The molecule has 0 unspecified atom stereocenters. The molecule has 2 aromatic heterocycles. The van der Waals surface area contributed by atoms with Crippen molar-refractivity contribution in [1.82, 2.24) is 20.1 Å². The van der Waals surface area contributed by atoms with Crippen LogP contribution in [0.3, 0.4) is 0 Å². The first kappa shape index (κ1) is 15.2. The van der Waals surface area contributed by atoms with Gasteiger partial charge in [0.2, 0.25) is 5.88 Å². The number of nitrogens with zero attached hydrogens (tertiary/aromatic N) is 4.